The average Bonchev–Trinajstić information content (AvgIpc) is 2.47. The maximum Gasteiger partial charge on any atom is 0.250 e. The lowest BCUT2D eigenvalue weighted by molar-refractivity contribution is 0.477. The zero-order valence-electron chi connectivity index (χ0n) is 9.74. The summed E-state index contributed by atoms with van der Waals surface area (Å²) < 4.78 is 27.9. The van der Waals surface area contributed by atoms with E-state index in [4.69, 9.17) is 0 Å². The van der Waals surface area contributed by atoms with Gasteiger partial charge in [-0.3, -0.25) is 0 Å². The predicted octanol–water partition coefficient (Wildman–Crippen LogP) is 3.14. The SMILES string of the molecule is Cc1cc(S(=O)(=O)NC(C)C(C)C)sc1Br. The average molecular weight is 326 g/mol. The molecule has 0 fully saturated rings. The highest BCUT2D eigenvalue weighted by Crippen LogP contribution is 2.30. The zero-order chi connectivity index (χ0) is 12.5. The molecule has 0 saturated carbocycles. The highest BCUT2D eigenvalue weighted by molar-refractivity contribution is 9.11. The molecule has 0 aromatic carbocycles. The number of rotatable bonds is 4. The highest BCUT2D eigenvalue weighted by atomic mass is 79.9. The van der Waals surface area contributed by atoms with Crippen LogP contribution in [0.25, 0.3) is 0 Å². The molecule has 0 aliphatic rings. The van der Waals surface area contributed by atoms with E-state index in [1.54, 1.807) is 6.07 Å². The van der Waals surface area contributed by atoms with E-state index in [2.05, 4.69) is 20.7 Å². The van der Waals surface area contributed by atoms with Crippen molar-refractivity contribution in [3.63, 3.8) is 0 Å². The first kappa shape index (κ1) is 14.2. The molecule has 1 atom stereocenters. The Labute approximate surface area is 109 Å². The van der Waals surface area contributed by atoms with Crippen molar-refractivity contribution in [1.82, 2.24) is 4.72 Å². The third kappa shape index (κ3) is 3.29. The number of aryl methyl sites for hydroxylation is 1. The van der Waals surface area contributed by atoms with Gasteiger partial charge in [0.25, 0.3) is 0 Å². The summed E-state index contributed by atoms with van der Waals surface area (Å²) in [7, 11) is -3.37. The summed E-state index contributed by atoms with van der Waals surface area (Å²) in [5.74, 6) is 0.277. The second-order valence-electron chi connectivity index (χ2n) is 4.18. The van der Waals surface area contributed by atoms with Gasteiger partial charge in [0.15, 0.2) is 0 Å². The second kappa shape index (κ2) is 5.16. The minimum atomic E-state index is -3.37. The molecule has 0 aliphatic carbocycles. The molecule has 1 heterocycles. The molecular weight excluding hydrogens is 310 g/mol. The summed E-state index contributed by atoms with van der Waals surface area (Å²) in [5, 5.41) is 0. The molecule has 0 bridgehead atoms. The summed E-state index contributed by atoms with van der Waals surface area (Å²) in [6.07, 6.45) is 0. The van der Waals surface area contributed by atoms with Crippen molar-refractivity contribution in [1.29, 1.82) is 0 Å². The van der Waals surface area contributed by atoms with E-state index in [0.717, 1.165) is 9.35 Å². The summed E-state index contributed by atoms with van der Waals surface area (Å²) >= 11 is 4.57. The molecular formula is C10H16BrNO2S2. The summed E-state index contributed by atoms with van der Waals surface area (Å²) in [6, 6.07) is 1.62. The fourth-order valence-corrected chi connectivity index (χ4v) is 4.64. The van der Waals surface area contributed by atoms with Gasteiger partial charge in [-0.25, -0.2) is 13.1 Å². The van der Waals surface area contributed by atoms with Gasteiger partial charge in [-0.2, -0.15) is 0 Å². The van der Waals surface area contributed by atoms with Crippen LogP contribution in [0.4, 0.5) is 0 Å². The Kier molecular flexibility index (Phi) is 4.57. The van der Waals surface area contributed by atoms with Crippen LogP contribution < -0.4 is 4.72 Å². The maximum atomic E-state index is 12.0. The van der Waals surface area contributed by atoms with E-state index < -0.39 is 10.0 Å². The van der Waals surface area contributed by atoms with Gasteiger partial charge in [-0.05, 0) is 47.3 Å². The number of hydrogen-bond donors (Lipinski definition) is 1. The molecule has 0 amide bonds. The maximum absolute atomic E-state index is 12.0. The van der Waals surface area contributed by atoms with Crippen LogP contribution in [0.3, 0.4) is 0 Å². The van der Waals surface area contributed by atoms with Gasteiger partial charge in [0, 0.05) is 6.04 Å². The fraction of sp³-hybridized carbons (Fsp3) is 0.600. The molecule has 92 valence electrons. The molecule has 0 saturated heterocycles. The van der Waals surface area contributed by atoms with Crippen LogP contribution in [0.1, 0.15) is 26.3 Å². The van der Waals surface area contributed by atoms with Crippen molar-refractivity contribution in [2.75, 3.05) is 0 Å². The summed E-state index contributed by atoms with van der Waals surface area (Å²) in [4.78, 5) is 0. The van der Waals surface area contributed by atoms with Crippen molar-refractivity contribution < 1.29 is 8.42 Å². The Morgan fingerprint density at radius 1 is 1.38 bits per heavy atom. The van der Waals surface area contributed by atoms with E-state index >= 15 is 0 Å². The number of hydrogen-bond acceptors (Lipinski definition) is 3. The Morgan fingerprint density at radius 2 is 1.94 bits per heavy atom. The van der Waals surface area contributed by atoms with Crippen LogP contribution >= 0.6 is 27.3 Å². The third-order valence-corrected chi connectivity index (χ3v) is 6.61. The van der Waals surface area contributed by atoms with Crippen LogP contribution in [0.2, 0.25) is 0 Å². The molecule has 1 unspecified atom stereocenters. The third-order valence-electron chi connectivity index (χ3n) is 2.44. The molecule has 1 aromatic rings. The standard InChI is InChI=1S/C10H16BrNO2S2/c1-6(2)8(4)12-16(13,14)9-5-7(3)10(11)15-9/h5-6,8,12H,1-4H3. The van der Waals surface area contributed by atoms with Gasteiger partial charge < -0.3 is 0 Å². The van der Waals surface area contributed by atoms with Crippen LogP contribution in [0.5, 0.6) is 0 Å². The predicted molar refractivity (Wildman–Crippen MR) is 71.4 cm³/mol. The summed E-state index contributed by atoms with van der Waals surface area (Å²) in [6.45, 7) is 7.73. The van der Waals surface area contributed by atoms with Gasteiger partial charge in [0.2, 0.25) is 10.0 Å². The van der Waals surface area contributed by atoms with Gasteiger partial charge in [-0.15, -0.1) is 11.3 Å². The monoisotopic (exact) mass is 325 g/mol. The number of sulfonamides is 1. The number of thiophene rings is 1. The topological polar surface area (TPSA) is 46.2 Å². The van der Waals surface area contributed by atoms with E-state index in [-0.39, 0.29) is 12.0 Å². The molecule has 6 heteroatoms. The van der Waals surface area contributed by atoms with E-state index in [0.29, 0.717) is 4.21 Å². The van der Waals surface area contributed by atoms with Gasteiger partial charge in [0.1, 0.15) is 4.21 Å². The van der Waals surface area contributed by atoms with Crippen molar-refractivity contribution in [2.24, 2.45) is 5.92 Å². The minimum Gasteiger partial charge on any atom is -0.207 e. The van der Waals surface area contributed by atoms with Gasteiger partial charge >= 0.3 is 0 Å². The van der Waals surface area contributed by atoms with E-state index in [1.165, 1.54) is 11.3 Å². The zero-order valence-corrected chi connectivity index (χ0v) is 13.0. The molecule has 3 nitrogen and oxygen atoms in total. The molecule has 1 aromatic heterocycles. The lowest BCUT2D eigenvalue weighted by atomic mass is 10.1. The normalized spacial score (nSPS) is 14.4. The minimum absolute atomic E-state index is 0.0637. The molecule has 16 heavy (non-hydrogen) atoms. The molecule has 0 radical (unpaired) electrons. The smallest absolute Gasteiger partial charge is 0.207 e. The van der Waals surface area contributed by atoms with E-state index in [1.807, 2.05) is 27.7 Å². The number of halogens is 1. The van der Waals surface area contributed by atoms with Crippen molar-refractivity contribution in [2.45, 2.75) is 37.9 Å². The van der Waals surface area contributed by atoms with Crippen molar-refractivity contribution in [3.05, 3.63) is 15.4 Å². The van der Waals surface area contributed by atoms with Gasteiger partial charge in [0.05, 0.1) is 3.79 Å². The quantitative estimate of drug-likeness (QED) is 0.924. The van der Waals surface area contributed by atoms with Gasteiger partial charge in [-0.1, -0.05) is 13.8 Å². The second-order valence-corrected chi connectivity index (χ2v) is 8.49. The Balaban J connectivity index is 2.95. The Bertz CT molecular complexity index is 446. The molecule has 1 rings (SSSR count). The molecule has 1 N–H and O–H groups in total. The fourth-order valence-electron chi connectivity index (χ4n) is 1.00. The van der Waals surface area contributed by atoms with Crippen LogP contribution in [-0.4, -0.2) is 14.5 Å². The van der Waals surface area contributed by atoms with E-state index in [9.17, 15) is 8.42 Å². The first-order valence-electron chi connectivity index (χ1n) is 5.02. The molecule has 0 aliphatic heterocycles. The van der Waals surface area contributed by atoms with Crippen LogP contribution in [0, 0.1) is 12.8 Å². The lowest BCUT2D eigenvalue weighted by Crippen LogP contribution is -2.35. The van der Waals surface area contributed by atoms with Crippen LogP contribution in [-0.2, 0) is 10.0 Å². The lowest BCUT2D eigenvalue weighted by Gasteiger charge is -2.16. The highest BCUT2D eigenvalue weighted by Gasteiger charge is 2.21. The number of nitrogens with one attached hydrogen (secondary N) is 1. The first-order valence-corrected chi connectivity index (χ1v) is 8.11. The van der Waals surface area contributed by atoms with Crippen molar-refractivity contribution >= 4 is 37.3 Å². The molecule has 0 spiro atoms. The Morgan fingerprint density at radius 3 is 2.31 bits per heavy atom. The van der Waals surface area contributed by atoms with Crippen LogP contribution in [0.15, 0.2) is 14.1 Å². The first-order chi connectivity index (χ1) is 7.24. The summed E-state index contributed by atoms with van der Waals surface area (Å²) in [5.41, 5.74) is 0.947. The van der Waals surface area contributed by atoms with Crippen molar-refractivity contribution in [3.8, 4) is 0 Å². The Hall–Kier alpha value is 0.0900. The largest absolute Gasteiger partial charge is 0.250 e.